The second kappa shape index (κ2) is 6.06. The highest BCUT2D eigenvalue weighted by Gasteiger charge is 2.25. The van der Waals surface area contributed by atoms with Crippen molar-refractivity contribution < 1.29 is 0 Å². The minimum absolute atomic E-state index is 0.764. The lowest BCUT2D eigenvalue weighted by atomic mass is 9.77. The standard InChI is InChI=1S/C17H26N2/c1-19-11-5-4-7-16(19)9-10-18-13-15-12-14-6-2-3-8-17(14)15/h2-3,6,8,15-16,18H,4-5,7,9-13H2,1H3. The number of benzene rings is 1. The summed E-state index contributed by atoms with van der Waals surface area (Å²) in [5, 5.41) is 3.67. The van der Waals surface area contributed by atoms with Gasteiger partial charge in [0.2, 0.25) is 0 Å². The van der Waals surface area contributed by atoms with Gasteiger partial charge < -0.3 is 10.2 Å². The van der Waals surface area contributed by atoms with Crippen molar-refractivity contribution in [1.29, 1.82) is 0 Å². The molecule has 0 spiro atoms. The second-order valence-corrected chi connectivity index (χ2v) is 6.22. The highest BCUT2D eigenvalue weighted by Crippen LogP contribution is 2.33. The monoisotopic (exact) mass is 258 g/mol. The molecule has 2 heteroatoms. The summed E-state index contributed by atoms with van der Waals surface area (Å²) < 4.78 is 0. The Balaban J connectivity index is 1.36. The van der Waals surface area contributed by atoms with E-state index in [0.29, 0.717) is 0 Å². The van der Waals surface area contributed by atoms with Crippen molar-refractivity contribution in [2.24, 2.45) is 0 Å². The summed E-state index contributed by atoms with van der Waals surface area (Å²) in [7, 11) is 2.28. The average Bonchev–Trinajstić information content (AvgIpc) is 2.41. The van der Waals surface area contributed by atoms with Gasteiger partial charge in [-0.25, -0.2) is 0 Å². The minimum Gasteiger partial charge on any atom is -0.316 e. The summed E-state index contributed by atoms with van der Waals surface area (Å²) >= 11 is 0. The Morgan fingerprint density at radius 3 is 3.00 bits per heavy atom. The number of piperidine rings is 1. The SMILES string of the molecule is CN1CCCCC1CCNCC1Cc2ccccc21. The highest BCUT2D eigenvalue weighted by atomic mass is 15.1. The normalized spacial score (nSPS) is 26.8. The molecule has 0 saturated carbocycles. The van der Waals surface area contributed by atoms with Gasteiger partial charge in [-0.2, -0.15) is 0 Å². The Kier molecular flexibility index (Phi) is 4.19. The number of nitrogens with one attached hydrogen (secondary N) is 1. The van der Waals surface area contributed by atoms with Gasteiger partial charge in [0.05, 0.1) is 0 Å². The first-order valence-electron chi connectivity index (χ1n) is 7.83. The Labute approximate surface area is 117 Å². The molecule has 0 aromatic heterocycles. The van der Waals surface area contributed by atoms with Gasteiger partial charge in [-0.05, 0) is 56.9 Å². The molecule has 0 bridgehead atoms. The zero-order valence-corrected chi connectivity index (χ0v) is 12.1. The van der Waals surface area contributed by atoms with E-state index in [9.17, 15) is 0 Å². The summed E-state index contributed by atoms with van der Waals surface area (Å²) in [5.41, 5.74) is 3.13. The van der Waals surface area contributed by atoms with Crippen molar-refractivity contribution in [3.8, 4) is 0 Å². The molecule has 1 heterocycles. The van der Waals surface area contributed by atoms with Crippen molar-refractivity contribution in [2.75, 3.05) is 26.7 Å². The van der Waals surface area contributed by atoms with Crippen LogP contribution in [0.25, 0.3) is 0 Å². The third kappa shape index (κ3) is 3.01. The topological polar surface area (TPSA) is 15.3 Å². The molecule has 1 saturated heterocycles. The predicted molar refractivity (Wildman–Crippen MR) is 80.6 cm³/mol. The van der Waals surface area contributed by atoms with Crippen LogP contribution in [0.15, 0.2) is 24.3 Å². The van der Waals surface area contributed by atoms with Crippen LogP contribution in [-0.2, 0) is 6.42 Å². The lowest BCUT2D eigenvalue weighted by Gasteiger charge is -2.33. The molecule has 1 fully saturated rings. The minimum atomic E-state index is 0.764. The summed E-state index contributed by atoms with van der Waals surface area (Å²) in [4.78, 5) is 2.55. The molecule has 1 aromatic rings. The van der Waals surface area contributed by atoms with Gasteiger partial charge in [0.15, 0.2) is 0 Å². The van der Waals surface area contributed by atoms with E-state index >= 15 is 0 Å². The molecule has 2 aliphatic rings. The Morgan fingerprint density at radius 2 is 2.16 bits per heavy atom. The first-order chi connectivity index (χ1) is 9.34. The van der Waals surface area contributed by atoms with Gasteiger partial charge in [0, 0.05) is 18.5 Å². The molecule has 1 aliphatic heterocycles. The molecule has 0 radical (unpaired) electrons. The van der Waals surface area contributed by atoms with Gasteiger partial charge in [-0.3, -0.25) is 0 Å². The fourth-order valence-electron chi connectivity index (χ4n) is 3.60. The zero-order valence-electron chi connectivity index (χ0n) is 12.1. The van der Waals surface area contributed by atoms with E-state index in [0.717, 1.165) is 18.5 Å². The average molecular weight is 258 g/mol. The lowest BCUT2D eigenvalue weighted by molar-refractivity contribution is 0.175. The molecule has 1 aromatic carbocycles. The van der Waals surface area contributed by atoms with E-state index in [2.05, 4.69) is 41.5 Å². The third-order valence-electron chi connectivity index (χ3n) is 4.93. The molecular formula is C17H26N2. The number of fused-ring (bicyclic) bond motifs is 1. The van der Waals surface area contributed by atoms with E-state index < -0.39 is 0 Å². The Bertz CT molecular complexity index is 415. The molecule has 1 N–H and O–H groups in total. The van der Waals surface area contributed by atoms with Crippen LogP contribution >= 0.6 is 0 Å². The van der Waals surface area contributed by atoms with Crippen LogP contribution < -0.4 is 5.32 Å². The van der Waals surface area contributed by atoms with E-state index in [-0.39, 0.29) is 0 Å². The first-order valence-corrected chi connectivity index (χ1v) is 7.83. The van der Waals surface area contributed by atoms with Crippen molar-refractivity contribution >= 4 is 0 Å². The smallest absolute Gasteiger partial charge is 0.0104 e. The van der Waals surface area contributed by atoms with Crippen LogP contribution in [0, 0.1) is 0 Å². The van der Waals surface area contributed by atoms with E-state index in [4.69, 9.17) is 0 Å². The molecule has 19 heavy (non-hydrogen) atoms. The van der Waals surface area contributed by atoms with Crippen LogP contribution in [0.5, 0.6) is 0 Å². The van der Waals surface area contributed by atoms with Crippen LogP contribution in [0.2, 0.25) is 0 Å². The van der Waals surface area contributed by atoms with Crippen LogP contribution in [0.4, 0.5) is 0 Å². The molecule has 2 unspecified atom stereocenters. The van der Waals surface area contributed by atoms with Gasteiger partial charge in [0.25, 0.3) is 0 Å². The maximum Gasteiger partial charge on any atom is 0.0104 e. The summed E-state index contributed by atoms with van der Waals surface area (Å²) in [6.45, 7) is 3.63. The Morgan fingerprint density at radius 1 is 1.26 bits per heavy atom. The number of likely N-dealkylation sites (tertiary alicyclic amines) is 1. The van der Waals surface area contributed by atoms with E-state index in [1.165, 1.54) is 45.2 Å². The predicted octanol–water partition coefficient (Wildman–Crippen LogP) is 2.79. The van der Waals surface area contributed by atoms with Crippen LogP contribution in [0.3, 0.4) is 0 Å². The first kappa shape index (κ1) is 13.1. The second-order valence-electron chi connectivity index (χ2n) is 6.22. The fourth-order valence-corrected chi connectivity index (χ4v) is 3.60. The fraction of sp³-hybridized carbons (Fsp3) is 0.647. The third-order valence-corrected chi connectivity index (χ3v) is 4.93. The van der Waals surface area contributed by atoms with Crippen LogP contribution in [-0.4, -0.2) is 37.6 Å². The van der Waals surface area contributed by atoms with Gasteiger partial charge >= 0.3 is 0 Å². The van der Waals surface area contributed by atoms with Crippen molar-refractivity contribution in [3.05, 3.63) is 35.4 Å². The molecule has 0 amide bonds. The molecule has 3 rings (SSSR count). The molecule has 104 valence electrons. The van der Waals surface area contributed by atoms with Gasteiger partial charge in [0.1, 0.15) is 0 Å². The van der Waals surface area contributed by atoms with E-state index in [1.54, 1.807) is 11.1 Å². The maximum absolute atomic E-state index is 3.67. The Hall–Kier alpha value is -0.860. The van der Waals surface area contributed by atoms with Crippen molar-refractivity contribution in [3.63, 3.8) is 0 Å². The maximum atomic E-state index is 3.67. The number of nitrogens with zero attached hydrogens (tertiary/aromatic N) is 1. The zero-order chi connectivity index (χ0) is 13.1. The summed E-state index contributed by atoms with van der Waals surface area (Å²) in [6.07, 6.45) is 6.78. The number of hydrogen-bond acceptors (Lipinski definition) is 2. The van der Waals surface area contributed by atoms with E-state index in [1.807, 2.05) is 0 Å². The molecule has 1 aliphatic carbocycles. The number of rotatable bonds is 5. The molecule has 2 atom stereocenters. The summed E-state index contributed by atoms with van der Waals surface area (Å²) in [5.74, 6) is 0.764. The largest absolute Gasteiger partial charge is 0.316 e. The van der Waals surface area contributed by atoms with Gasteiger partial charge in [-0.15, -0.1) is 0 Å². The molecule has 2 nitrogen and oxygen atoms in total. The molecular weight excluding hydrogens is 232 g/mol. The number of hydrogen-bond donors (Lipinski definition) is 1. The quantitative estimate of drug-likeness (QED) is 0.817. The lowest BCUT2D eigenvalue weighted by Crippen LogP contribution is -2.39. The van der Waals surface area contributed by atoms with Crippen molar-refractivity contribution in [1.82, 2.24) is 10.2 Å². The highest BCUT2D eigenvalue weighted by molar-refractivity contribution is 5.40. The van der Waals surface area contributed by atoms with Gasteiger partial charge in [-0.1, -0.05) is 30.7 Å². The van der Waals surface area contributed by atoms with Crippen LogP contribution in [0.1, 0.15) is 42.7 Å². The van der Waals surface area contributed by atoms with Crippen molar-refractivity contribution in [2.45, 2.75) is 44.1 Å². The summed E-state index contributed by atoms with van der Waals surface area (Å²) in [6, 6.07) is 9.70.